The summed E-state index contributed by atoms with van der Waals surface area (Å²) in [5.74, 6) is 0. The molecule has 1 aromatic carbocycles. The van der Waals surface area contributed by atoms with E-state index in [1.54, 1.807) is 0 Å². The quantitative estimate of drug-likeness (QED) is 0.829. The predicted molar refractivity (Wildman–Crippen MR) is 100 cm³/mol. The number of anilines is 1. The monoisotopic (exact) mass is 379 g/mol. The Bertz CT molecular complexity index is 793. The minimum Gasteiger partial charge on any atom is -0.384 e. The summed E-state index contributed by atoms with van der Waals surface area (Å²) >= 11 is 0. The molecule has 2 aromatic rings. The number of nitrogens with one attached hydrogen (secondary N) is 1. The van der Waals surface area contributed by atoms with Gasteiger partial charge in [0.1, 0.15) is 0 Å². The van der Waals surface area contributed by atoms with Gasteiger partial charge in [-0.3, -0.25) is 4.79 Å². The van der Waals surface area contributed by atoms with Gasteiger partial charge in [0.05, 0.1) is 12.1 Å². The van der Waals surface area contributed by atoms with Crippen LogP contribution in [0.4, 0.5) is 18.9 Å². The van der Waals surface area contributed by atoms with E-state index in [-0.39, 0.29) is 6.54 Å². The first-order valence-corrected chi connectivity index (χ1v) is 9.25. The van der Waals surface area contributed by atoms with Gasteiger partial charge in [-0.1, -0.05) is 18.6 Å². The van der Waals surface area contributed by atoms with Crippen LogP contribution in [0, 0.1) is 0 Å². The van der Waals surface area contributed by atoms with Crippen molar-refractivity contribution in [3.05, 3.63) is 64.1 Å². The van der Waals surface area contributed by atoms with Crippen molar-refractivity contribution in [2.45, 2.75) is 32.0 Å². The van der Waals surface area contributed by atoms with E-state index < -0.39 is 17.3 Å². The highest BCUT2D eigenvalue weighted by Crippen LogP contribution is 2.28. The molecule has 1 aromatic heterocycles. The molecule has 1 N–H and O–H groups in total. The van der Waals surface area contributed by atoms with Crippen molar-refractivity contribution in [1.82, 2.24) is 9.47 Å². The van der Waals surface area contributed by atoms with Crippen LogP contribution < -0.4 is 10.9 Å². The Morgan fingerprint density at radius 3 is 2.33 bits per heavy atom. The molecular weight excluding hydrogens is 355 g/mol. The molecule has 0 spiro atoms. The van der Waals surface area contributed by atoms with Crippen molar-refractivity contribution < 1.29 is 13.2 Å². The highest BCUT2D eigenvalue weighted by Gasteiger charge is 2.31. The van der Waals surface area contributed by atoms with Crippen molar-refractivity contribution in [3.8, 4) is 0 Å². The molecule has 1 aliphatic rings. The molecule has 0 radical (unpaired) electrons. The molecule has 0 aliphatic carbocycles. The average molecular weight is 379 g/mol. The lowest BCUT2D eigenvalue weighted by Gasteiger charge is -2.26. The van der Waals surface area contributed by atoms with Crippen molar-refractivity contribution in [2.24, 2.45) is 0 Å². The second kappa shape index (κ2) is 8.61. The summed E-state index contributed by atoms with van der Waals surface area (Å²) in [6.45, 7) is 4.28. The first kappa shape index (κ1) is 19.5. The van der Waals surface area contributed by atoms with Crippen LogP contribution in [0.5, 0.6) is 0 Å². The molecule has 2 heterocycles. The van der Waals surface area contributed by atoms with Gasteiger partial charge in [-0.15, -0.1) is 0 Å². The predicted octanol–water partition coefficient (Wildman–Crippen LogP) is 3.81. The largest absolute Gasteiger partial charge is 0.417 e. The maximum atomic E-state index is 12.8. The molecule has 0 amide bonds. The van der Waals surface area contributed by atoms with E-state index >= 15 is 0 Å². The zero-order valence-electron chi connectivity index (χ0n) is 15.1. The fourth-order valence-corrected chi connectivity index (χ4v) is 3.29. The maximum Gasteiger partial charge on any atom is 0.417 e. The average Bonchev–Trinajstić information content (AvgIpc) is 2.65. The Hall–Kier alpha value is -2.28. The normalized spacial score (nSPS) is 15.7. The number of benzene rings is 1. The summed E-state index contributed by atoms with van der Waals surface area (Å²) in [5, 5.41) is 3.36. The van der Waals surface area contributed by atoms with Crippen LogP contribution in [0.1, 0.15) is 30.4 Å². The van der Waals surface area contributed by atoms with Gasteiger partial charge in [0.25, 0.3) is 5.56 Å². The van der Waals surface area contributed by atoms with Gasteiger partial charge in [-0.2, -0.15) is 13.2 Å². The molecule has 3 rings (SSSR count). The van der Waals surface area contributed by atoms with Crippen LogP contribution in [-0.2, 0) is 12.7 Å². The molecule has 1 saturated heterocycles. The number of alkyl halides is 3. The van der Waals surface area contributed by atoms with Gasteiger partial charge in [0.2, 0.25) is 0 Å². The number of rotatable bonds is 6. The molecule has 1 aliphatic heterocycles. The molecule has 146 valence electrons. The number of hydrogen-bond acceptors (Lipinski definition) is 3. The number of piperidine rings is 1. The lowest BCUT2D eigenvalue weighted by Crippen LogP contribution is -2.33. The van der Waals surface area contributed by atoms with Crippen molar-refractivity contribution in [2.75, 3.05) is 31.5 Å². The lowest BCUT2D eigenvalue weighted by molar-refractivity contribution is -0.138. The van der Waals surface area contributed by atoms with Crippen LogP contribution in [-0.4, -0.2) is 35.6 Å². The van der Waals surface area contributed by atoms with E-state index in [2.05, 4.69) is 10.2 Å². The third kappa shape index (κ3) is 5.60. The fourth-order valence-electron chi connectivity index (χ4n) is 3.29. The topological polar surface area (TPSA) is 37.3 Å². The summed E-state index contributed by atoms with van der Waals surface area (Å²) in [6.07, 6.45) is 0.262. The minimum atomic E-state index is -4.46. The van der Waals surface area contributed by atoms with Crippen LogP contribution in [0.25, 0.3) is 0 Å². The zero-order valence-corrected chi connectivity index (χ0v) is 15.1. The first-order chi connectivity index (χ1) is 12.9. The highest BCUT2D eigenvalue weighted by atomic mass is 19.4. The lowest BCUT2D eigenvalue weighted by atomic mass is 10.1. The van der Waals surface area contributed by atoms with E-state index in [4.69, 9.17) is 0 Å². The van der Waals surface area contributed by atoms with E-state index in [0.717, 1.165) is 60.3 Å². The Balaban J connectivity index is 1.57. The fraction of sp³-hybridized carbons (Fsp3) is 0.450. The Kier molecular flexibility index (Phi) is 6.21. The molecule has 0 unspecified atom stereocenters. The number of likely N-dealkylation sites (tertiary alicyclic amines) is 1. The number of halogens is 3. The first-order valence-electron chi connectivity index (χ1n) is 9.25. The summed E-state index contributed by atoms with van der Waals surface area (Å²) in [7, 11) is 0. The van der Waals surface area contributed by atoms with Crippen molar-refractivity contribution in [1.29, 1.82) is 0 Å². The minimum absolute atomic E-state index is 0.108. The van der Waals surface area contributed by atoms with E-state index in [1.165, 1.54) is 19.3 Å². The van der Waals surface area contributed by atoms with Crippen LogP contribution in [0.3, 0.4) is 0 Å². The summed E-state index contributed by atoms with van der Waals surface area (Å²) in [4.78, 5) is 14.3. The molecule has 1 fully saturated rings. The zero-order chi connectivity index (χ0) is 19.3. The highest BCUT2D eigenvalue weighted by molar-refractivity contribution is 5.44. The van der Waals surface area contributed by atoms with Gasteiger partial charge in [0, 0.05) is 31.0 Å². The molecule has 27 heavy (non-hydrogen) atoms. The van der Waals surface area contributed by atoms with Gasteiger partial charge in [-0.25, -0.2) is 0 Å². The number of nitrogens with zero attached hydrogens (tertiary/aromatic N) is 2. The van der Waals surface area contributed by atoms with E-state index in [9.17, 15) is 18.0 Å². The molecule has 7 heteroatoms. The molecule has 0 bridgehead atoms. The van der Waals surface area contributed by atoms with E-state index in [1.807, 2.05) is 24.3 Å². The second-order valence-electron chi connectivity index (χ2n) is 6.91. The molecular formula is C20H24F3N3O. The Morgan fingerprint density at radius 2 is 1.67 bits per heavy atom. The van der Waals surface area contributed by atoms with Crippen molar-refractivity contribution >= 4 is 5.69 Å². The number of aromatic nitrogens is 1. The number of hydrogen-bond donors (Lipinski definition) is 1. The van der Waals surface area contributed by atoms with Gasteiger partial charge in [0.15, 0.2) is 0 Å². The van der Waals surface area contributed by atoms with Crippen LogP contribution >= 0.6 is 0 Å². The third-order valence-corrected chi connectivity index (χ3v) is 4.82. The Morgan fingerprint density at radius 1 is 0.963 bits per heavy atom. The third-order valence-electron chi connectivity index (χ3n) is 4.82. The van der Waals surface area contributed by atoms with Gasteiger partial charge >= 0.3 is 6.18 Å². The molecule has 0 atom stereocenters. The summed E-state index contributed by atoms with van der Waals surface area (Å²) < 4.78 is 39.5. The smallest absolute Gasteiger partial charge is 0.384 e. The standard InChI is InChI=1S/C20H24F3N3O/c21-20(22,23)17-6-9-19(27)26(15-17)14-16-4-7-18(8-5-16)24-10-13-25-11-2-1-3-12-25/h4-9,15,24H,1-3,10-14H2. The van der Waals surface area contributed by atoms with Crippen molar-refractivity contribution in [3.63, 3.8) is 0 Å². The maximum absolute atomic E-state index is 12.8. The van der Waals surface area contributed by atoms with Crippen LogP contribution in [0.2, 0.25) is 0 Å². The second-order valence-corrected chi connectivity index (χ2v) is 6.91. The summed E-state index contributed by atoms with van der Waals surface area (Å²) in [5.41, 5.74) is 0.468. The van der Waals surface area contributed by atoms with E-state index in [0.29, 0.717) is 0 Å². The Labute approximate surface area is 156 Å². The van der Waals surface area contributed by atoms with Crippen LogP contribution in [0.15, 0.2) is 47.4 Å². The molecule has 4 nitrogen and oxygen atoms in total. The number of pyridine rings is 1. The summed E-state index contributed by atoms with van der Waals surface area (Å²) in [6, 6.07) is 9.22. The van der Waals surface area contributed by atoms with Gasteiger partial charge in [-0.05, 0) is 49.7 Å². The SMILES string of the molecule is O=c1ccc(C(F)(F)F)cn1Cc1ccc(NCCN2CCCCC2)cc1. The molecule has 0 saturated carbocycles. The van der Waals surface area contributed by atoms with Gasteiger partial charge < -0.3 is 14.8 Å².